The van der Waals surface area contributed by atoms with Crippen LogP contribution < -0.4 is 15.0 Å². The maximum atomic E-state index is 11.8. The first-order valence-electron chi connectivity index (χ1n) is 13.6. The van der Waals surface area contributed by atoms with E-state index in [0.717, 1.165) is 73.1 Å². The van der Waals surface area contributed by atoms with Crippen LogP contribution in [-0.2, 0) is 9.53 Å². The highest BCUT2D eigenvalue weighted by atomic mass is 16.5. The molecule has 0 unspecified atom stereocenters. The number of anilines is 1. The van der Waals surface area contributed by atoms with Gasteiger partial charge in [0, 0.05) is 62.9 Å². The monoisotopic (exact) mass is 502 g/mol. The number of aromatic nitrogens is 3. The number of imidazole rings is 1. The van der Waals surface area contributed by atoms with Crippen LogP contribution in [0.25, 0.3) is 22.2 Å². The maximum absolute atomic E-state index is 11.8. The van der Waals surface area contributed by atoms with Gasteiger partial charge in [0.25, 0.3) is 0 Å². The summed E-state index contributed by atoms with van der Waals surface area (Å²) in [4.78, 5) is 26.3. The average Bonchev–Trinajstić information content (AvgIpc) is 3.48. The van der Waals surface area contributed by atoms with E-state index in [-0.39, 0.29) is 17.9 Å². The lowest BCUT2D eigenvalue weighted by Crippen LogP contribution is -2.56. The van der Waals surface area contributed by atoms with E-state index >= 15 is 0 Å². The topological polar surface area (TPSA) is 84.8 Å². The zero-order chi connectivity index (χ0) is 24.9. The molecule has 2 aromatic heterocycles. The highest BCUT2D eigenvalue weighted by Crippen LogP contribution is 2.41. The first-order chi connectivity index (χ1) is 18.1. The number of carbonyl (C=O) groups excluding carboxylic acids is 1. The Morgan fingerprint density at radius 2 is 1.89 bits per heavy atom. The van der Waals surface area contributed by atoms with Gasteiger partial charge in [-0.1, -0.05) is 0 Å². The van der Waals surface area contributed by atoms with Gasteiger partial charge in [-0.2, -0.15) is 0 Å². The minimum atomic E-state index is -0.0781. The second kappa shape index (κ2) is 9.29. The molecule has 3 saturated heterocycles. The van der Waals surface area contributed by atoms with E-state index in [1.54, 1.807) is 0 Å². The highest BCUT2D eigenvalue weighted by molar-refractivity contribution is 5.88. The number of benzene rings is 1. The number of piperazine rings is 1. The predicted molar refractivity (Wildman–Crippen MR) is 141 cm³/mol. The summed E-state index contributed by atoms with van der Waals surface area (Å²) in [6, 6.07) is 9.65. The van der Waals surface area contributed by atoms with Crippen molar-refractivity contribution in [3.8, 4) is 16.9 Å². The molecule has 4 aliphatic rings. The zero-order valence-corrected chi connectivity index (χ0v) is 21.3. The Balaban J connectivity index is 1.13. The van der Waals surface area contributed by atoms with Crippen molar-refractivity contribution in [2.45, 2.75) is 44.4 Å². The Morgan fingerprint density at radius 1 is 1.05 bits per heavy atom. The quantitative estimate of drug-likeness (QED) is 0.532. The van der Waals surface area contributed by atoms with Crippen molar-refractivity contribution in [2.75, 3.05) is 50.8 Å². The number of amides is 1. The number of ether oxygens (including phenoxy) is 2. The van der Waals surface area contributed by atoms with Crippen molar-refractivity contribution in [1.29, 1.82) is 0 Å². The molecular formula is C28H34N6O3. The molecule has 7 rings (SSSR count). The van der Waals surface area contributed by atoms with Crippen molar-refractivity contribution in [3.63, 3.8) is 0 Å². The molecule has 5 heterocycles. The summed E-state index contributed by atoms with van der Waals surface area (Å²) >= 11 is 0. The zero-order valence-electron chi connectivity index (χ0n) is 21.3. The number of carbonyl (C=O) groups is 1. The SMILES string of the molecule is C[C@@H](Oc1cc(-c2ccc(N3CCN(C4COC4)CC3)nc2)cc2ncn(C3CC3)c12)[C@H]1CNC(=O)C1. The normalized spacial score (nSPS) is 23.8. The molecule has 0 radical (unpaired) electrons. The predicted octanol–water partition coefficient (Wildman–Crippen LogP) is 2.86. The lowest BCUT2D eigenvalue weighted by atomic mass is 10.0. The van der Waals surface area contributed by atoms with Crippen LogP contribution in [0.3, 0.4) is 0 Å². The van der Waals surface area contributed by atoms with Crippen LogP contribution in [-0.4, -0.2) is 83.4 Å². The Kier molecular flexibility index (Phi) is 5.77. The van der Waals surface area contributed by atoms with Gasteiger partial charge >= 0.3 is 0 Å². The number of hydrogen-bond donors (Lipinski definition) is 1. The lowest BCUT2D eigenvalue weighted by molar-refractivity contribution is -0.119. The van der Waals surface area contributed by atoms with Crippen LogP contribution in [0.1, 0.15) is 32.2 Å². The molecule has 1 saturated carbocycles. The summed E-state index contributed by atoms with van der Waals surface area (Å²) in [5.41, 5.74) is 4.08. The van der Waals surface area contributed by atoms with Gasteiger partial charge in [0.1, 0.15) is 23.2 Å². The largest absolute Gasteiger partial charge is 0.488 e. The molecule has 2 atom stereocenters. The van der Waals surface area contributed by atoms with E-state index in [9.17, 15) is 4.79 Å². The molecule has 0 bridgehead atoms. The number of fused-ring (bicyclic) bond motifs is 1. The second-order valence-electron chi connectivity index (χ2n) is 10.9. The number of nitrogens with zero attached hydrogens (tertiary/aromatic N) is 5. The number of hydrogen-bond acceptors (Lipinski definition) is 7. The second-order valence-corrected chi connectivity index (χ2v) is 10.9. The van der Waals surface area contributed by atoms with Gasteiger partial charge in [0.2, 0.25) is 5.91 Å². The minimum Gasteiger partial charge on any atom is -0.488 e. The molecule has 1 aliphatic carbocycles. The fourth-order valence-corrected chi connectivity index (χ4v) is 5.77. The van der Waals surface area contributed by atoms with Gasteiger partial charge in [-0.05, 0) is 49.6 Å². The third-order valence-electron chi connectivity index (χ3n) is 8.42. The average molecular weight is 503 g/mol. The van der Waals surface area contributed by atoms with Crippen molar-refractivity contribution >= 4 is 22.8 Å². The van der Waals surface area contributed by atoms with Gasteiger partial charge in [0.05, 0.1) is 31.1 Å². The van der Waals surface area contributed by atoms with Crippen LogP contribution in [0.5, 0.6) is 5.75 Å². The Labute approximate surface area is 216 Å². The molecule has 1 N–H and O–H groups in total. The molecule has 9 heteroatoms. The molecular weight excluding hydrogens is 468 g/mol. The number of rotatable bonds is 7. The van der Waals surface area contributed by atoms with Crippen LogP contribution >= 0.6 is 0 Å². The smallest absolute Gasteiger partial charge is 0.220 e. The molecule has 37 heavy (non-hydrogen) atoms. The molecule has 194 valence electrons. The minimum absolute atomic E-state index is 0.0781. The van der Waals surface area contributed by atoms with Gasteiger partial charge < -0.3 is 24.3 Å². The summed E-state index contributed by atoms with van der Waals surface area (Å²) in [6.45, 7) is 8.56. The van der Waals surface area contributed by atoms with Crippen molar-refractivity contribution in [1.82, 2.24) is 24.8 Å². The lowest BCUT2D eigenvalue weighted by Gasteiger charge is -2.42. The molecule has 3 aromatic rings. The highest BCUT2D eigenvalue weighted by Gasteiger charge is 2.31. The third-order valence-corrected chi connectivity index (χ3v) is 8.42. The van der Waals surface area contributed by atoms with E-state index in [0.29, 0.717) is 25.0 Å². The summed E-state index contributed by atoms with van der Waals surface area (Å²) in [6.07, 6.45) is 6.70. The molecule has 0 spiro atoms. The number of nitrogens with one attached hydrogen (secondary N) is 1. The van der Waals surface area contributed by atoms with Gasteiger partial charge in [-0.15, -0.1) is 0 Å². The molecule has 9 nitrogen and oxygen atoms in total. The Bertz CT molecular complexity index is 1290. The van der Waals surface area contributed by atoms with Crippen molar-refractivity contribution in [2.24, 2.45) is 5.92 Å². The van der Waals surface area contributed by atoms with Crippen LogP contribution in [0.15, 0.2) is 36.8 Å². The van der Waals surface area contributed by atoms with Gasteiger partial charge in [0.15, 0.2) is 0 Å². The summed E-state index contributed by atoms with van der Waals surface area (Å²) in [5, 5.41) is 2.93. The third kappa shape index (κ3) is 4.44. The molecule has 1 amide bonds. The van der Waals surface area contributed by atoms with E-state index < -0.39 is 0 Å². The fraction of sp³-hybridized carbons (Fsp3) is 0.536. The van der Waals surface area contributed by atoms with E-state index in [1.807, 2.05) is 12.5 Å². The van der Waals surface area contributed by atoms with E-state index in [2.05, 4.69) is 50.9 Å². The standard InChI is InChI=1S/C28H34N6O3/c1-18(21-12-27(35)30-14-21)37-25-11-20(10-24-28(25)34(17-31-24)22-3-4-22)19-2-5-26(29-13-19)33-8-6-32(7-9-33)23-15-36-16-23/h2,5,10-11,13,17-18,21-23H,3-4,6-9,12,14-16H2,1H3,(H,30,35)/t18-,21-/m1/s1. The Hall–Kier alpha value is -3.17. The van der Waals surface area contributed by atoms with Gasteiger partial charge in [-0.3, -0.25) is 9.69 Å². The van der Waals surface area contributed by atoms with Crippen LogP contribution in [0.4, 0.5) is 5.82 Å². The summed E-state index contributed by atoms with van der Waals surface area (Å²) in [7, 11) is 0. The van der Waals surface area contributed by atoms with E-state index in [4.69, 9.17) is 19.4 Å². The van der Waals surface area contributed by atoms with E-state index in [1.165, 1.54) is 12.8 Å². The summed E-state index contributed by atoms with van der Waals surface area (Å²) in [5.74, 6) is 2.13. The first kappa shape index (κ1) is 23.0. The fourth-order valence-electron chi connectivity index (χ4n) is 5.77. The van der Waals surface area contributed by atoms with Crippen LogP contribution in [0, 0.1) is 5.92 Å². The number of pyridine rings is 1. The molecule has 4 fully saturated rings. The molecule has 1 aromatic carbocycles. The Morgan fingerprint density at radius 3 is 2.54 bits per heavy atom. The van der Waals surface area contributed by atoms with Crippen molar-refractivity contribution < 1.29 is 14.3 Å². The summed E-state index contributed by atoms with van der Waals surface area (Å²) < 4.78 is 14.2. The van der Waals surface area contributed by atoms with Gasteiger partial charge in [-0.25, -0.2) is 9.97 Å². The first-order valence-corrected chi connectivity index (χ1v) is 13.6. The van der Waals surface area contributed by atoms with Crippen molar-refractivity contribution in [3.05, 3.63) is 36.8 Å². The van der Waals surface area contributed by atoms with Crippen LogP contribution in [0.2, 0.25) is 0 Å². The maximum Gasteiger partial charge on any atom is 0.220 e. The molecule has 3 aliphatic heterocycles.